The number of allylic oxidation sites excluding steroid dienone is 1. The number of pyridine rings is 1. The normalized spacial score (nSPS) is 10.8. The third kappa shape index (κ3) is 5.48. The highest BCUT2D eigenvalue weighted by Gasteiger charge is 2.27. The summed E-state index contributed by atoms with van der Waals surface area (Å²) in [5.74, 6) is -0.523. The van der Waals surface area contributed by atoms with E-state index in [1.54, 1.807) is 30.4 Å². The minimum absolute atomic E-state index is 0.0384. The quantitative estimate of drug-likeness (QED) is 0.359. The van der Waals surface area contributed by atoms with Crippen molar-refractivity contribution in [2.75, 3.05) is 7.05 Å². The highest BCUT2D eigenvalue weighted by atomic mass is 16.3. The zero-order valence-electron chi connectivity index (χ0n) is 20.6. The molecule has 0 aliphatic heterocycles. The van der Waals surface area contributed by atoms with Crippen LogP contribution in [0.25, 0.3) is 16.7 Å². The molecule has 1 aromatic heterocycles. The molecule has 0 saturated heterocycles. The molecule has 178 valence electrons. The number of phenols is 2. The maximum absolute atomic E-state index is 13.7. The predicted octanol–water partition coefficient (Wildman–Crippen LogP) is 6.51. The highest BCUT2D eigenvalue weighted by Crippen LogP contribution is 2.45. The highest BCUT2D eigenvalue weighted by molar-refractivity contribution is 6.02. The summed E-state index contributed by atoms with van der Waals surface area (Å²) in [6, 6.07) is 11.2. The smallest absolute Gasteiger partial charge is 0.257 e. The van der Waals surface area contributed by atoms with Crippen LogP contribution in [0.5, 0.6) is 11.5 Å². The lowest BCUT2D eigenvalue weighted by Gasteiger charge is -2.23. The van der Waals surface area contributed by atoms with Gasteiger partial charge in [0.05, 0.1) is 11.1 Å². The minimum Gasteiger partial charge on any atom is -0.507 e. The summed E-state index contributed by atoms with van der Waals surface area (Å²) in [5, 5.41) is 22.5. The van der Waals surface area contributed by atoms with Gasteiger partial charge in [-0.05, 0) is 61.1 Å². The topological polar surface area (TPSA) is 73.7 Å². The lowest BCUT2D eigenvalue weighted by atomic mass is 9.88. The van der Waals surface area contributed by atoms with E-state index in [-0.39, 0.29) is 28.5 Å². The van der Waals surface area contributed by atoms with Gasteiger partial charge in [0.2, 0.25) is 0 Å². The van der Waals surface area contributed by atoms with Crippen LogP contribution in [-0.4, -0.2) is 33.1 Å². The number of aryl methyl sites for hydroxylation is 2. The van der Waals surface area contributed by atoms with Gasteiger partial charge in [0.25, 0.3) is 5.91 Å². The molecule has 1 heterocycles. The molecule has 3 rings (SSSR count). The molecule has 5 nitrogen and oxygen atoms in total. The molecule has 3 aromatic rings. The van der Waals surface area contributed by atoms with Gasteiger partial charge >= 0.3 is 0 Å². The Morgan fingerprint density at radius 1 is 1.15 bits per heavy atom. The first-order chi connectivity index (χ1) is 16.2. The number of hydrogen-bond acceptors (Lipinski definition) is 4. The third-order valence-corrected chi connectivity index (χ3v) is 6.02. The Morgan fingerprint density at radius 3 is 2.56 bits per heavy atom. The lowest BCUT2D eigenvalue weighted by molar-refractivity contribution is 0.0781. The minimum atomic E-state index is -0.293. The number of nitrogens with zero attached hydrogens (tertiary/aromatic N) is 2. The van der Waals surface area contributed by atoms with Crippen molar-refractivity contribution in [2.45, 2.75) is 53.0 Å². The van der Waals surface area contributed by atoms with Crippen molar-refractivity contribution in [1.82, 2.24) is 9.88 Å². The summed E-state index contributed by atoms with van der Waals surface area (Å²) >= 11 is 0. The summed E-state index contributed by atoms with van der Waals surface area (Å²) in [6.07, 6.45) is 6.91. The van der Waals surface area contributed by atoms with E-state index in [1.807, 2.05) is 44.2 Å². The Kier molecular flexibility index (Phi) is 8.11. The largest absolute Gasteiger partial charge is 0.507 e. The van der Waals surface area contributed by atoms with Crippen LogP contribution in [0, 0.1) is 6.92 Å². The maximum Gasteiger partial charge on any atom is 0.257 e. The molecular formula is C29H34N2O3. The average molecular weight is 459 g/mol. The molecule has 0 saturated carbocycles. The Labute approximate surface area is 202 Å². The molecule has 0 fully saturated rings. The van der Waals surface area contributed by atoms with Crippen molar-refractivity contribution >= 4 is 11.5 Å². The van der Waals surface area contributed by atoms with E-state index >= 15 is 0 Å². The zero-order chi connectivity index (χ0) is 24.8. The molecule has 2 N–H and O–H groups in total. The number of unbranched alkanes of at least 4 members (excludes halogenated alkanes) is 2. The number of amides is 1. The second kappa shape index (κ2) is 11.0. The van der Waals surface area contributed by atoms with Crippen LogP contribution in [0.2, 0.25) is 0 Å². The van der Waals surface area contributed by atoms with Crippen LogP contribution in [0.3, 0.4) is 0 Å². The molecule has 0 atom stereocenters. The van der Waals surface area contributed by atoms with Crippen molar-refractivity contribution in [1.29, 1.82) is 0 Å². The fraction of sp³-hybridized carbons (Fsp3) is 0.310. The molecule has 0 aliphatic rings. The number of carbonyl (C=O) groups excluding carboxylic acids is 1. The summed E-state index contributed by atoms with van der Waals surface area (Å²) < 4.78 is 0. The Morgan fingerprint density at radius 2 is 1.91 bits per heavy atom. The first-order valence-corrected chi connectivity index (χ1v) is 11.7. The van der Waals surface area contributed by atoms with Crippen molar-refractivity contribution in [3.8, 4) is 22.6 Å². The van der Waals surface area contributed by atoms with Gasteiger partial charge < -0.3 is 15.1 Å². The van der Waals surface area contributed by atoms with Crippen molar-refractivity contribution in [3.63, 3.8) is 0 Å². The Balaban J connectivity index is 2.16. The van der Waals surface area contributed by atoms with Crippen molar-refractivity contribution in [3.05, 3.63) is 83.2 Å². The average Bonchev–Trinajstić information content (AvgIpc) is 2.79. The lowest BCUT2D eigenvalue weighted by Crippen LogP contribution is -2.27. The van der Waals surface area contributed by atoms with Crippen LogP contribution >= 0.6 is 0 Å². The van der Waals surface area contributed by atoms with Crippen LogP contribution in [-0.2, 0) is 13.0 Å². The van der Waals surface area contributed by atoms with Crippen molar-refractivity contribution in [2.24, 2.45) is 0 Å². The molecule has 0 bridgehead atoms. The van der Waals surface area contributed by atoms with Gasteiger partial charge in [0.1, 0.15) is 11.5 Å². The molecule has 34 heavy (non-hydrogen) atoms. The maximum atomic E-state index is 13.7. The third-order valence-electron chi connectivity index (χ3n) is 6.02. The van der Waals surface area contributed by atoms with E-state index in [4.69, 9.17) is 0 Å². The predicted molar refractivity (Wildman–Crippen MR) is 138 cm³/mol. The Hall–Kier alpha value is -3.60. The molecule has 1 amide bonds. The van der Waals surface area contributed by atoms with Crippen LogP contribution in [0.1, 0.15) is 65.7 Å². The van der Waals surface area contributed by atoms with Crippen LogP contribution in [0.4, 0.5) is 0 Å². The van der Waals surface area contributed by atoms with Gasteiger partial charge in [-0.1, -0.05) is 61.7 Å². The zero-order valence-corrected chi connectivity index (χ0v) is 20.6. The van der Waals surface area contributed by atoms with E-state index in [0.717, 1.165) is 41.5 Å². The van der Waals surface area contributed by atoms with E-state index in [9.17, 15) is 15.0 Å². The van der Waals surface area contributed by atoms with Crippen LogP contribution in [0.15, 0.2) is 55.4 Å². The number of hydrogen-bond donors (Lipinski definition) is 2. The second-order valence-corrected chi connectivity index (χ2v) is 8.96. The van der Waals surface area contributed by atoms with Gasteiger partial charge in [0.15, 0.2) is 0 Å². The number of aromatic hydroxyl groups is 2. The molecule has 2 aromatic carbocycles. The van der Waals surface area contributed by atoms with Gasteiger partial charge in [0, 0.05) is 26.0 Å². The van der Waals surface area contributed by atoms with Crippen LogP contribution < -0.4 is 0 Å². The first kappa shape index (κ1) is 25.0. The first-order valence-electron chi connectivity index (χ1n) is 11.7. The fourth-order valence-corrected chi connectivity index (χ4v) is 4.24. The number of benzene rings is 2. The van der Waals surface area contributed by atoms with E-state index in [0.29, 0.717) is 24.1 Å². The summed E-state index contributed by atoms with van der Waals surface area (Å²) in [4.78, 5) is 19.4. The standard InChI is InChI=1S/C29H34N2O3/c1-6-7-8-11-22-16-25(32)27(24-15-20(4)12-13-23(24)19(2)3)28(33)26(22)29(34)31(5)18-21-10-9-14-30-17-21/h9-10,12-17,32-33H,2,6-8,11,18H2,1,3-5H3. The van der Waals surface area contributed by atoms with E-state index < -0.39 is 0 Å². The molecule has 5 heteroatoms. The Bertz CT molecular complexity index is 1190. The summed E-state index contributed by atoms with van der Waals surface area (Å²) in [7, 11) is 1.71. The SMILES string of the molecule is C=C(C)c1ccc(C)cc1-c1c(O)cc(CCCCC)c(C(=O)N(C)Cc2cccnc2)c1O. The van der Waals surface area contributed by atoms with Gasteiger partial charge in [-0.25, -0.2) is 0 Å². The number of phenolic OH excluding ortho intramolecular Hbond substituents is 2. The molecule has 0 aliphatic carbocycles. The molecule has 0 radical (unpaired) electrons. The fourth-order valence-electron chi connectivity index (χ4n) is 4.24. The summed E-state index contributed by atoms with van der Waals surface area (Å²) in [6.45, 7) is 10.4. The molecular weight excluding hydrogens is 424 g/mol. The van der Waals surface area contributed by atoms with Gasteiger partial charge in [-0.3, -0.25) is 9.78 Å². The summed E-state index contributed by atoms with van der Waals surface area (Å²) in [5.41, 5.74) is 5.31. The van der Waals surface area contributed by atoms with E-state index in [1.165, 1.54) is 0 Å². The van der Waals surface area contributed by atoms with Crippen molar-refractivity contribution < 1.29 is 15.0 Å². The number of aromatic nitrogens is 1. The van der Waals surface area contributed by atoms with E-state index in [2.05, 4.69) is 18.5 Å². The monoisotopic (exact) mass is 458 g/mol. The number of carbonyl (C=O) groups is 1. The molecule has 0 unspecified atom stereocenters. The second-order valence-electron chi connectivity index (χ2n) is 8.96. The molecule has 0 spiro atoms. The number of rotatable bonds is 9. The van der Waals surface area contributed by atoms with Gasteiger partial charge in [-0.2, -0.15) is 0 Å². The van der Waals surface area contributed by atoms with Gasteiger partial charge in [-0.15, -0.1) is 0 Å².